The number of likely N-dealkylation sites (tertiary alicyclic amines) is 1. The number of nitrogens with one attached hydrogen (secondary N) is 1. The highest BCUT2D eigenvalue weighted by molar-refractivity contribution is 5.93. The number of benzene rings is 1. The number of carbonyl (C=O) groups is 1. The van der Waals surface area contributed by atoms with Crippen molar-refractivity contribution < 1.29 is 4.79 Å². The van der Waals surface area contributed by atoms with Crippen LogP contribution in [0.2, 0.25) is 0 Å². The molecule has 122 valence electrons. The van der Waals surface area contributed by atoms with Gasteiger partial charge in [0.2, 0.25) is 5.91 Å². The van der Waals surface area contributed by atoms with Gasteiger partial charge in [-0.1, -0.05) is 32.0 Å². The Morgan fingerprint density at radius 1 is 1.45 bits per heavy atom. The minimum absolute atomic E-state index is 0.0663. The molecule has 2 rings (SSSR count). The zero-order valence-corrected chi connectivity index (χ0v) is 14.1. The Balaban J connectivity index is 2.04. The fourth-order valence-corrected chi connectivity index (χ4v) is 3.48. The van der Waals surface area contributed by atoms with E-state index in [1.165, 1.54) is 12.0 Å². The lowest BCUT2D eigenvalue weighted by Gasteiger charge is -2.39. The Morgan fingerprint density at radius 2 is 2.23 bits per heavy atom. The Morgan fingerprint density at radius 3 is 2.91 bits per heavy atom. The molecule has 1 aromatic rings. The van der Waals surface area contributed by atoms with Crippen LogP contribution in [0.1, 0.15) is 37.8 Å². The summed E-state index contributed by atoms with van der Waals surface area (Å²) in [6.07, 6.45) is 3.27. The van der Waals surface area contributed by atoms with Crippen molar-refractivity contribution in [3.05, 3.63) is 29.3 Å². The van der Waals surface area contributed by atoms with E-state index < -0.39 is 0 Å². The Hall–Kier alpha value is -1.39. The fraction of sp³-hybridized carbons (Fsp3) is 0.611. The van der Waals surface area contributed by atoms with Crippen LogP contribution < -0.4 is 11.1 Å². The number of nitrogens with two attached hydrogens (primary N) is 1. The van der Waals surface area contributed by atoms with Gasteiger partial charge in [-0.3, -0.25) is 9.69 Å². The van der Waals surface area contributed by atoms with Crippen LogP contribution in [0, 0.1) is 12.8 Å². The second kappa shape index (κ2) is 7.75. The van der Waals surface area contributed by atoms with Crippen LogP contribution in [0.3, 0.4) is 0 Å². The van der Waals surface area contributed by atoms with Crippen molar-refractivity contribution in [1.82, 2.24) is 4.90 Å². The monoisotopic (exact) mass is 303 g/mol. The molecule has 0 aromatic heterocycles. The van der Waals surface area contributed by atoms with Gasteiger partial charge in [0, 0.05) is 18.3 Å². The second-order valence-electron chi connectivity index (χ2n) is 6.40. The first-order valence-corrected chi connectivity index (χ1v) is 8.39. The van der Waals surface area contributed by atoms with E-state index in [1.807, 2.05) is 19.1 Å². The number of amides is 1. The molecule has 1 heterocycles. The van der Waals surface area contributed by atoms with E-state index in [2.05, 4.69) is 30.1 Å². The average Bonchev–Trinajstić information content (AvgIpc) is 2.49. The summed E-state index contributed by atoms with van der Waals surface area (Å²) in [5.41, 5.74) is 9.20. The Kier molecular flexibility index (Phi) is 5.98. The molecule has 1 aliphatic heterocycles. The smallest absolute Gasteiger partial charge is 0.238 e. The molecule has 0 aliphatic carbocycles. The molecular formula is C18H29N3O. The number of hydrogen-bond donors (Lipinski definition) is 2. The predicted octanol–water partition coefficient (Wildman–Crippen LogP) is 2.56. The number of hydrogen-bond acceptors (Lipinski definition) is 3. The van der Waals surface area contributed by atoms with Crippen molar-refractivity contribution in [3.8, 4) is 0 Å². The molecule has 0 spiro atoms. The fourth-order valence-electron chi connectivity index (χ4n) is 3.48. The van der Waals surface area contributed by atoms with Gasteiger partial charge in [0.15, 0.2) is 0 Å². The van der Waals surface area contributed by atoms with E-state index in [-0.39, 0.29) is 5.91 Å². The first kappa shape index (κ1) is 17.0. The van der Waals surface area contributed by atoms with Crippen molar-refractivity contribution in [3.63, 3.8) is 0 Å². The van der Waals surface area contributed by atoms with Gasteiger partial charge in [-0.25, -0.2) is 0 Å². The maximum atomic E-state index is 12.5. The van der Waals surface area contributed by atoms with Crippen LogP contribution in [-0.2, 0) is 11.2 Å². The molecule has 0 saturated carbocycles. The van der Waals surface area contributed by atoms with Crippen LogP contribution in [0.25, 0.3) is 0 Å². The first-order chi connectivity index (χ1) is 10.6. The van der Waals surface area contributed by atoms with E-state index in [0.717, 1.165) is 30.6 Å². The van der Waals surface area contributed by atoms with Gasteiger partial charge in [0.25, 0.3) is 0 Å². The van der Waals surface area contributed by atoms with Gasteiger partial charge >= 0.3 is 0 Å². The third-order valence-electron chi connectivity index (χ3n) is 4.82. The van der Waals surface area contributed by atoms with Crippen LogP contribution in [0.5, 0.6) is 0 Å². The Labute approximate surface area is 134 Å². The molecule has 2 atom stereocenters. The van der Waals surface area contributed by atoms with Gasteiger partial charge in [0.05, 0.1) is 6.54 Å². The predicted molar refractivity (Wildman–Crippen MR) is 92.0 cm³/mol. The lowest BCUT2D eigenvalue weighted by molar-refractivity contribution is -0.118. The highest BCUT2D eigenvalue weighted by Crippen LogP contribution is 2.24. The van der Waals surface area contributed by atoms with Crippen molar-refractivity contribution in [2.45, 2.75) is 46.1 Å². The van der Waals surface area contributed by atoms with Crippen molar-refractivity contribution in [2.75, 3.05) is 25.0 Å². The van der Waals surface area contributed by atoms with Crippen LogP contribution in [0.4, 0.5) is 5.69 Å². The minimum atomic E-state index is 0.0663. The molecule has 3 N–H and O–H groups in total. The third kappa shape index (κ3) is 3.87. The van der Waals surface area contributed by atoms with Gasteiger partial charge < -0.3 is 11.1 Å². The largest absolute Gasteiger partial charge is 0.329 e. The maximum Gasteiger partial charge on any atom is 0.238 e. The van der Waals surface area contributed by atoms with E-state index in [1.54, 1.807) is 0 Å². The molecule has 22 heavy (non-hydrogen) atoms. The van der Waals surface area contributed by atoms with Crippen molar-refractivity contribution >= 4 is 11.6 Å². The van der Waals surface area contributed by atoms with Gasteiger partial charge in [-0.05, 0) is 49.8 Å². The van der Waals surface area contributed by atoms with E-state index in [4.69, 9.17) is 5.73 Å². The lowest BCUT2D eigenvalue weighted by Crippen LogP contribution is -2.51. The highest BCUT2D eigenvalue weighted by atomic mass is 16.2. The van der Waals surface area contributed by atoms with Gasteiger partial charge in [-0.2, -0.15) is 0 Å². The topological polar surface area (TPSA) is 58.4 Å². The minimum Gasteiger partial charge on any atom is -0.329 e. The summed E-state index contributed by atoms with van der Waals surface area (Å²) >= 11 is 0. The molecule has 1 aliphatic rings. The number of anilines is 1. The summed E-state index contributed by atoms with van der Waals surface area (Å²) in [7, 11) is 0. The highest BCUT2D eigenvalue weighted by Gasteiger charge is 2.28. The molecule has 1 saturated heterocycles. The number of carbonyl (C=O) groups excluding carboxylic acids is 1. The standard InChI is InChI=1S/C18H29N3O/c1-4-15-9-5-7-14(3)18(15)20-17(22)12-21-10-6-8-13(2)16(21)11-19/h5,7,9,13,16H,4,6,8,10-12,19H2,1-3H3,(H,20,22). The summed E-state index contributed by atoms with van der Waals surface area (Å²) < 4.78 is 0. The summed E-state index contributed by atoms with van der Waals surface area (Å²) in [4.78, 5) is 14.7. The lowest BCUT2D eigenvalue weighted by atomic mass is 9.91. The van der Waals surface area contributed by atoms with E-state index in [9.17, 15) is 4.79 Å². The number of nitrogens with zero attached hydrogens (tertiary/aromatic N) is 1. The SMILES string of the molecule is CCc1cccc(C)c1NC(=O)CN1CCCC(C)C1CN. The normalized spacial score (nSPS) is 22.5. The molecular weight excluding hydrogens is 274 g/mol. The summed E-state index contributed by atoms with van der Waals surface area (Å²) in [5.74, 6) is 0.632. The molecule has 1 amide bonds. The van der Waals surface area contributed by atoms with Crippen molar-refractivity contribution in [2.24, 2.45) is 11.7 Å². The van der Waals surface area contributed by atoms with Crippen LogP contribution in [0.15, 0.2) is 18.2 Å². The summed E-state index contributed by atoms with van der Waals surface area (Å²) in [6.45, 7) is 8.41. The average molecular weight is 303 g/mol. The number of para-hydroxylation sites is 1. The molecule has 0 radical (unpaired) electrons. The zero-order chi connectivity index (χ0) is 16.1. The molecule has 4 heteroatoms. The third-order valence-corrected chi connectivity index (χ3v) is 4.82. The maximum absolute atomic E-state index is 12.5. The molecule has 1 fully saturated rings. The van der Waals surface area contributed by atoms with Crippen LogP contribution in [-0.4, -0.2) is 36.5 Å². The number of aryl methyl sites for hydroxylation is 2. The first-order valence-electron chi connectivity index (χ1n) is 8.39. The second-order valence-corrected chi connectivity index (χ2v) is 6.40. The number of piperidine rings is 1. The summed E-state index contributed by atoms with van der Waals surface area (Å²) in [6, 6.07) is 6.48. The van der Waals surface area contributed by atoms with Gasteiger partial charge in [-0.15, -0.1) is 0 Å². The van der Waals surface area contributed by atoms with Crippen LogP contribution >= 0.6 is 0 Å². The molecule has 2 unspecified atom stereocenters. The quantitative estimate of drug-likeness (QED) is 0.879. The molecule has 0 bridgehead atoms. The van der Waals surface area contributed by atoms with E-state index in [0.29, 0.717) is 25.0 Å². The number of rotatable bonds is 5. The Bertz CT molecular complexity index is 515. The zero-order valence-electron chi connectivity index (χ0n) is 14.1. The molecule has 1 aromatic carbocycles. The molecule has 4 nitrogen and oxygen atoms in total. The van der Waals surface area contributed by atoms with E-state index >= 15 is 0 Å². The van der Waals surface area contributed by atoms with Crippen molar-refractivity contribution in [1.29, 1.82) is 0 Å². The van der Waals surface area contributed by atoms with Gasteiger partial charge in [0.1, 0.15) is 0 Å². The summed E-state index contributed by atoms with van der Waals surface area (Å²) in [5, 5.41) is 3.12.